The van der Waals surface area contributed by atoms with Crippen LogP contribution in [0.4, 0.5) is 0 Å². The summed E-state index contributed by atoms with van der Waals surface area (Å²) in [6.07, 6.45) is 5.05. The lowest BCUT2D eigenvalue weighted by molar-refractivity contribution is 0.0691. The van der Waals surface area contributed by atoms with E-state index in [0.717, 1.165) is 11.3 Å². The standard InChI is InChI=1S/C14H11NO4S2/c1-2-7-21(18,19)9-10-5-3-4-6-11(10)13-15-12(8-20-13)14(16)17/h1,3-6,8H,7,9H2,(H,16,17). The second-order valence-corrected chi connectivity index (χ2v) is 7.16. The van der Waals surface area contributed by atoms with Gasteiger partial charge in [-0.25, -0.2) is 18.2 Å². The Kier molecular flexibility index (Phi) is 4.40. The maximum absolute atomic E-state index is 11.8. The average molecular weight is 321 g/mol. The molecule has 0 amide bonds. The van der Waals surface area contributed by atoms with E-state index in [1.54, 1.807) is 24.3 Å². The van der Waals surface area contributed by atoms with Crippen molar-refractivity contribution < 1.29 is 18.3 Å². The first-order chi connectivity index (χ1) is 9.93. The van der Waals surface area contributed by atoms with E-state index in [2.05, 4.69) is 10.9 Å². The number of rotatable bonds is 5. The van der Waals surface area contributed by atoms with E-state index in [-0.39, 0.29) is 17.2 Å². The van der Waals surface area contributed by atoms with Gasteiger partial charge in [-0.15, -0.1) is 17.8 Å². The highest BCUT2D eigenvalue weighted by Gasteiger charge is 2.17. The zero-order valence-corrected chi connectivity index (χ0v) is 12.4. The minimum Gasteiger partial charge on any atom is -0.476 e. The molecule has 0 fully saturated rings. The van der Waals surface area contributed by atoms with Crippen LogP contribution < -0.4 is 0 Å². The predicted molar refractivity (Wildman–Crippen MR) is 80.8 cm³/mol. The van der Waals surface area contributed by atoms with Crippen molar-refractivity contribution in [2.75, 3.05) is 5.75 Å². The first-order valence-corrected chi connectivity index (χ1v) is 8.54. The van der Waals surface area contributed by atoms with Gasteiger partial charge in [0.05, 0.1) is 5.75 Å². The molecule has 7 heteroatoms. The maximum atomic E-state index is 11.8. The zero-order chi connectivity index (χ0) is 15.5. The van der Waals surface area contributed by atoms with Gasteiger partial charge < -0.3 is 5.11 Å². The highest BCUT2D eigenvalue weighted by atomic mass is 32.2. The summed E-state index contributed by atoms with van der Waals surface area (Å²) in [5, 5.41) is 10.8. The molecule has 1 N–H and O–H groups in total. The molecular weight excluding hydrogens is 310 g/mol. The molecular formula is C14H11NO4S2. The van der Waals surface area contributed by atoms with E-state index in [1.165, 1.54) is 5.38 Å². The van der Waals surface area contributed by atoms with Crippen molar-refractivity contribution in [1.29, 1.82) is 0 Å². The van der Waals surface area contributed by atoms with Crippen LogP contribution in [-0.2, 0) is 15.6 Å². The van der Waals surface area contributed by atoms with Crippen molar-refractivity contribution in [1.82, 2.24) is 4.98 Å². The van der Waals surface area contributed by atoms with Crippen molar-refractivity contribution in [3.63, 3.8) is 0 Å². The summed E-state index contributed by atoms with van der Waals surface area (Å²) in [6, 6.07) is 6.85. The third kappa shape index (κ3) is 3.68. The molecule has 0 bridgehead atoms. The summed E-state index contributed by atoms with van der Waals surface area (Å²) in [6.45, 7) is 0. The van der Waals surface area contributed by atoms with E-state index >= 15 is 0 Å². The molecule has 0 aliphatic carbocycles. The van der Waals surface area contributed by atoms with Gasteiger partial charge in [-0.3, -0.25) is 0 Å². The van der Waals surface area contributed by atoms with Gasteiger partial charge in [0, 0.05) is 10.9 Å². The van der Waals surface area contributed by atoms with Gasteiger partial charge in [0.1, 0.15) is 10.8 Å². The molecule has 0 atom stereocenters. The Morgan fingerprint density at radius 2 is 2.10 bits per heavy atom. The fourth-order valence-electron chi connectivity index (χ4n) is 1.77. The molecule has 0 spiro atoms. The second kappa shape index (κ2) is 6.08. The van der Waals surface area contributed by atoms with Gasteiger partial charge >= 0.3 is 5.97 Å². The third-order valence-corrected chi connectivity index (χ3v) is 4.88. The van der Waals surface area contributed by atoms with Crippen LogP contribution in [0.2, 0.25) is 0 Å². The number of aromatic carboxylic acids is 1. The molecule has 0 saturated heterocycles. The van der Waals surface area contributed by atoms with E-state index in [4.69, 9.17) is 11.5 Å². The van der Waals surface area contributed by atoms with Crippen LogP contribution in [0.3, 0.4) is 0 Å². The van der Waals surface area contributed by atoms with E-state index in [9.17, 15) is 13.2 Å². The normalized spacial score (nSPS) is 11.0. The predicted octanol–water partition coefficient (Wildman–Crippen LogP) is 2.06. The third-order valence-electron chi connectivity index (χ3n) is 2.65. The molecule has 2 aromatic rings. The Balaban J connectivity index is 2.41. The highest BCUT2D eigenvalue weighted by Crippen LogP contribution is 2.28. The van der Waals surface area contributed by atoms with Crippen LogP contribution in [0, 0.1) is 12.3 Å². The fraction of sp³-hybridized carbons (Fsp3) is 0.143. The van der Waals surface area contributed by atoms with Crippen LogP contribution in [-0.4, -0.2) is 30.2 Å². The van der Waals surface area contributed by atoms with Crippen molar-refractivity contribution in [3.8, 4) is 22.9 Å². The van der Waals surface area contributed by atoms with Crippen LogP contribution in [0.1, 0.15) is 16.1 Å². The van der Waals surface area contributed by atoms with Crippen molar-refractivity contribution in [2.45, 2.75) is 5.75 Å². The SMILES string of the molecule is C#CCS(=O)(=O)Cc1ccccc1-c1nc(C(=O)O)cs1. The number of sulfone groups is 1. The smallest absolute Gasteiger partial charge is 0.355 e. The number of carbonyl (C=O) groups is 1. The number of hydrogen-bond donors (Lipinski definition) is 1. The lowest BCUT2D eigenvalue weighted by Gasteiger charge is -2.06. The summed E-state index contributed by atoms with van der Waals surface area (Å²) in [7, 11) is -3.40. The Labute approximate surface area is 126 Å². The zero-order valence-electron chi connectivity index (χ0n) is 10.8. The Bertz CT molecular complexity index is 815. The molecule has 1 heterocycles. The van der Waals surface area contributed by atoms with Crippen molar-refractivity contribution >= 4 is 27.1 Å². The molecule has 108 valence electrons. The van der Waals surface area contributed by atoms with Gasteiger partial charge in [0.2, 0.25) is 0 Å². The van der Waals surface area contributed by atoms with Crippen molar-refractivity contribution in [3.05, 3.63) is 40.9 Å². The van der Waals surface area contributed by atoms with Gasteiger partial charge in [-0.1, -0.05) is 30.2 Å². The minimum atomic E-state index is -3.40. The number of benzene rings is 1. The van der Waals surface area contributed by atoms with Gasteiger partial charge in [0.25, 0.3) is 0 Å². The minimum absolute atomic E-state index is 0.0590. The van der Waals surface area contributed by atoms with Crippen LogP contribution in [0.25, 0.3) is 10.6 Å². The summed E-state index contributed by atoms with van der Waals surface area (Å²) in [4.78, 5) is 14.9. The van der Waals surface area contributed by atoms with Crippen LogP contribution in [0.15, 0.2) is 29.6 Å². The maximum Gasteiger partial charge on any atom is 0.355 e. The molecule has 0 radical (unpaired) electrons. The summed E-state index contributed by atoms with van der Waals surface area (Å²) < 4.78 is 23.7. The molecule has 1 aromatic heterocycles. The lowest BCUT2D eigenvalue weighted by atomic mass is 10.1. The number of aromatic nitrogens is 1. The molecule has 1 aromatic carbocycles. The van der Waals surface area contributed by atoms with E-state index < -0.39 is 15.8 Å². The Morgan fingerprint density at radius 1 is 1.38 bits per heavy atom. The highest BCUT2D eigenvalue weighted by molar-refractivity contribution is 7.90. The lowest BCUT2D eigenvalue weighted by Crippen LogP contribution is -2.08. The molecule has 0 unspecified atom stereocenters. The second-order valence-electron chi connectivity index (χ2n) is 4.24. The van der Waals surface area contributed by atoms with E-state index in [0.29, 0.717) is 16.1 Å². The first-order valence-electron chi connectivity index (χ1n) is 5.84. The molecule has 0 aliphatic heterocycles. The molecule has 2 rings (SSSR count). The van der Waals surface area contributed by atoms with E-state index in [1.807, 2.05) is 0 Å². The molecule has 21 heavy (non-hydrogen) atoms. The average Bonchev–Trinajstić information content (AvgIpc) is 2.88. The summed E-state index contributed by atoms with van der Waals surface area (Å²) >= 11 is 1.16. The molecule has 0 saturated carbocycles. The number of thiazole rings is 1. The fourth-order valence-corrected chi connectivity index (χ4v) is 3.70. The van der Waals surface area contributed by atoms with Gasteiger partial charge in [-0.05, 0) is 5.56 Å². The first kappa shape index (κ1) is 15.2. The summed E-state index contributed by atoms with van der Waals surface area (Å²) in [5.74, 6) is 0.479. The number of carboxylic acids is 1. The van der Waals surface area contributed by atoms with Crippen LogP contribution in [0.5, 0.6) is 0 Å². The summed E-state index contributed by atoms with van der Waals surface area (Å²) in [5.41, 5.74) is 1.10. The quantitative estimate of drug-likeness (QED) is 0.852. The van der Waals surface area contributed by atoms with Crippen molar-refractivity contribution in [2.24, 2.45) is 0 Å². The Hall–Kier alpha value is -2.17. The Morgan fingerprint density at radius 3 is 2.71 bits per heavy atom. The molecule has 0 aliphatic rings. The number of carboxylic acid groups (broad SMARTS) is 1. The monoisotopic (exact) mass is 321 g/mol. The van der Waals surface area contributed by atoms with Crippen LogP contribution >= 0.6 is 11.3 Å². The molecule has 5 nitrogen and oxygen atoms in total. The number of hydrogen-bond acceptors (Lipinski definition) is 5. The number of nitrogens with zero attached hydrogens (tertiary/aromatic N) is 1. The number of terminal acetylenes is 1. The van der Waals surface area contributed by atoms with Gasteiger partial charge in [-0.2, -0.15) is 0 Å². The van der Waals surface area contributed by atoms with Gasteiger partial charge in [0.15, 0.2) is 15.5 Å². The largest absolute Gasteiger partial charge is 0.476 e. The topological polar surface area (TPSA) is 84.3 Å².